The molecule has 51 heavy (non-hydrogen) atoms. The lowest BCUT2D eigenvalue weighted by Crippen LogP contribution is -2.37. The summed E-state index contributed by atoms with van der Waals surface area (Å²) in [4.78, 5) is 60.1. The lowest BCUT2D eigenvalue weighted by Gasteiger charge is -2.20. The molecule has 4 amide bonds. The number of carbonyl (C=O) groups excluding carboxylic acids is 4. The number of aromatic nitrogens is 2. The van der Waals surface area contributed by atoms with Gasteiger partial charge in [-0.25, -0.2) is 8.78 Å². The lowest BCUT2D eigenvalue weighted by molar-refractivity contribution is -0.122. The molecule has 4 N–H and O–H groups in total. The van der Waals surface area contributed by atoms with Crippen molar-refractivity contribution in [3.63, 3.8) is 0 Å². The Kier molecular flexibility index (Phi) is 10.6. The second kappa shape index (κ2) is 14.7. The van der Waals surface area contributed by atoms with Gasteiger partial charge in [0.05, 0.1) is 46.6 Å². The van der Waals surface area contributed by atoms with E-state index in [9.17, 15) is 33.1 Å². The van der Waals surface area contributed by atoms with E-state index in [0.717, 1.165) is 23.5 Å². The Labute approximate surface area is 293 Å². The van der Waals surface area contributed by atoms with Crippen LogP contribution in [0.3, 0.4) is 0 Å². The molecule has 6 rings (SSSR count). The highest BCUT2D eigenvalue weighted by molar-refractivity contribution is 6.10. The van der Waals surface area contributed by atoms with Crippen LogP contribution >= 0.6 is 0 Å². The molecule has 12 nitrogen and oxygen atoms in total. The van der Waals surface area contributed by atoms with Gasteiger partial charge in [0.1, 0.15) is 0 Å². The molecule has 0 spiro atoms. The zero-order valence-corrected chi connectivity index (χ0v) is 28.5. The standard InChI is InChI=1S/C19H20FN3O3.C18H18FN3O3/c1-19(2)14-5-4-12(10-16(14)23(18(19)26)8-3-9-24)22-17(25)13-6-7-21-11-15(13)20;1-18(2)13-4-3-11(9-15(13)22(7-8-23)17(18)25)21-16(24)12-5-6-20-10-14(12)19/h4-7,10-11,24H,3,8-9H2,1-2H3,(H,22,25);3-6,9-10,23H,7-8H2,1-2H3,(H,21,24). The number of pyridine rings is 2. The van der Waals surface area contributed by atoms with Crippen LogP contribution in [0.25, 0.3) is 0 Å². The predicted octanol–water partition coefficient (Wildman–Crippen LogP) is 4.57. The second-order valence-corrected chi connectivity index (χ2v) is 13.0. The highest BCUT2D eigenvalue weighted by Crippen LogP contribution is 2.44. The first-order valence-electron chi connectivity index (χ1n) is 16.2. The molecule has 0 aliphatic carbocycles. The maximum absolute atomic E-state index is 13.7. The Morgan fingerprint density at radius 1 is 0.686 bits per heavy atom. The average Bonchev–Trinajstić information content (AvgIpc) is 3.40. The summed E-state index contributed by atoms with van der Waals surface area (Å²) in [5, 5.41) is 23.6. The molecule has 0 unspecified atom stereocenters. The quantitative estimate of drug-likeness (QED) is 0.197. The van der Waals surface area contributed by atoms with Gasteiger partial charge in [-0.05, 0) is 81.6 Å². The number of β-amino-alcohol motifs (C(OH)–C–C–N with tert-alkyl or cyclic N) is 1. The number of nitrogens with one attached hydrogen (secondary N) is 2. The third kappa shape index (κ3) is 7.19. The van der Waals surface area contributed by atoms with Crippen molar-refractivity contribution in [2.75, 3.05) is 46.7 Å². The van der Waals surface area contributed by atoms with Crippen molar-refractivity contribution in [2.45, 2.75) is 44.9 Å². The lowest BCUT2D eigenvalue weighted by atomic mass is 9.86. The van der Waals surface area contributed by atoms with Crippen LogP contribution in [0.4, 0.5) is 31.5 Å². The number of fused-ring (bicyclic) bond motifs is 2. The number of nitrogens with zero attached hydrogens (tertiary/aromatic N) is 4. The van der Waals surface area contributed by atoms with Crippen molar-refractivity contribution in [2.24, 2.45) is 0 Å². The minimum absolute atomic E-state index is 0.0166. The van der Waals surface area contributed by atoms with E-state index in [1.807, 2.05) is 27.7 Å². The third-order valence-electron chi connectivity index (χ3n) is 8.90. The number of halogens is 2. The monoisotopic (exact) mass is 700 g/mol. The highest BCUT2D eigenvalue weighted by atomic mass is 19.1. The largest absolute Gasteiger partial charge is 0.396 e. The molecule has 0 bridgehead atoms. The number of rotatable bonds is 9. The fourth-order valence-electron chi connectivity index (χ4n) is 6.13. The average molecular weight is 701 g/mol. The van der Waals surface area contributed by atoms with E-state index in [1.54, 1.807) is 41.3 Å². The van der Waals surface area contributed by atoms with Crippen LogP contribution in [0.1, 0.15) is 66.0 Å². The van der Waals surface area contributed by atoms with Gasteiger partial charge in [-0.15, -0.1) is 0 Å². The van der Waals surface area contributed by atoms with Gasteiger partial charge < -0.3 is 30.6 Å². The van der Waals surface area contributed by atoms with Gasteiger partial charge in [0.2, 0.25) is 11.8 Å². The van der Waals surface area contributed by atoms with E-state index in [1.165, 1.54) is 29.4 Å². The van der Waals surface area contributed by atoms with E-state index in [2.05, 4.69) is 20.6 Å². The summed E-state index contributed by atoms with van der Waals surface area (Å²) < 4.78 is 27.4. The van der Waals surface area contributed by atoms with E-state index in [-0.39, 0.29) is 42.7 Å². The van der Waals surface area contributed by atoms with Gasteiger partial charge in [-0.3, -0.25) is 29.1 Å². The minimum Gasteiger partial charge on any atom is -0.396 e. The molecule has 4 aromatic rings. The van der Waals surface area contributed by atoms with Gasteiger partial charge in [0, 0.05) is 49.2 Å². The summed E-state index contributed by atoms with van der Waals surface area (Å²) in [6.45, 7) is 7.70. The van der Waals surface area contributed by atoms with Gasteiger partial charge in [-0.1, -0.05) is 12.1 Å². The van der Waals surface area contributed by atoms with Crippen molar-refractivity contribution in [3.05, 3.63) is 107 Å². The molecule has 0 saturated heterocycles. The molecule has 0 atom stereocenters. The maximum Gasteiger partial charge on any atom is 0.258 e. The Hall–Kier alpha value is -5.60. The molecule has 0 fully saturated rings. The summed E-state index contributed by atoms with van der Waals surface area (Å²) >= 11 is 0. The zero-order valence-electron chi connectivity index (χ0n) is 28.5. The summed E-state index contributed by atoms with van der Waals surface area (Å²) in [6, 6.07) is 12.9. The fourth-order valence-corrected chi connectivity index (χ4v) is 6.13. The van der Waals surface area contributed by atoms with Crippen molar-refractivity contribution < 1.29 is 38.2 Å². The Bertz CT molecular complexity index is 2000. The van der Waals surface area contributed by atoms with E-state index in [4.69, 9.17) is 5.11 Å². The topological polar surface area (TPSA) is 165 Å². The highest BCUT2D eigenvalue weighted by Gasteiger charge is 2.44. The van der Waals surface area contributed by atoms with Crippen LogP contribution in [0, 0.1) is 11.6 Å². The molecule has 2 aromatic carbocycles. The number of aliphatic hydroxyl groups is 2. The number of hydrogen-bond acceptors (Lipinski definition) is 8. The van der Waals surface area contributed by atoms with Crippen LogP contribution in [0.15, 0.2) is 73.3 Å². The molecule has 2 aliphatic heterocycles. The number of hydrogen-bond donors (Lipinski definition) is 4. The van der Waals surface area contributed by atoms with E-state index < -0.39 is 34.3 Å². The van der Waals surface area contributed by atoms with Gasteiger partial charge in [-0.2, -0.15) is 0 Å². The van der Waals surface area contributed by atoms with Gasteiger partial charge in [0.15, 0.2) is 11.6 Å². The first-order chi connectivity index (χ1) is 24.2. The van der Waals surface area contributed by atoms with Crippen molar-refractivity contribution >= 4 is 46.4 Å². The molecular formula is C37H38F2N6O6. The molecule has 266 valence electrons. The summed E-state index contributed by atoms with van der Waals surface area (Å²) in [5.74, 6) is -2.76. The van der Waals surface area contributed by atoms with Crippen molar-refractivity contribution in [1.29, 1.82) is 0 Å². The van der Waals surface area contributed by atoms with Crippen LogP contribution in [0.2, 0.25) is 0 Å². The first-order valence-corrected chi connectivity index (χ1v) is 16.2. The SMILES string of the molecule is CC1(C)C(=O)N(CCCO)c2cc(NC(=O)c3ccncc3F)ccc21.CC1(C)C(=O)N(CCO)c2cc(NC(=O)c3ccncc3F)ccc21. The van der Waals surface area contributed by atoms with E-state index in [0.29, 0.717) is 35.7 Å². The molecule has 2 aliphatic rings. The summed E-state index contributed by atoms with van der Waals surface area (Å²) in [5.41, 5.74) is 2.31. The number of carbonyl (C=O) groups is 4. The van der Waals surface area contributed by atoms with Crippen LogP contribution in [-0.4, -0.2) is 70.1 Å². The van der Waals surface area contributed by atoms with Crippen molar-refractivity contribution in [3.8, 4) is 0 Å². The normalized spacial score (nSPS) is 15.1. The van der Waals surface area contributed by atoms with Gasteiger partial charge >= 0.3 is 0 Å². The molecule has 2 aromatic heterocycles. The third-order valence-corrected chi connectivity index (χ3v) is 8.90. The van der Waals surface area contributed by atoms with Crippen LogP contribution < -0.4 is 20.4 Å². The molecule has 4 heterocycles. The molecular weight excluding hydrogens is 662 g/mol. The Balaban J connectivity index is 0.000000198. The first kappa shape index (κ1) is 36.7. The Morgan fingerprint density at radius 3 is 1.51 bits per heavy atom. The molecule has 0 radical (unpaired) electrons. The smallest absolute Gasteiger partial charge is 0.258 e. The number of amides is 4. The van der Waals surface area contributed by atoms with Crippen molar-refractivity contribution in [1.82, 2.24) is 9.97 Å². The molecule has 14 heteroatoms. The second-order valence-electron chi connectivity index (χ2n) is 13.0. The number of benzene rings is 2. The van der Waals surface area contributed by atoms with Crippen LogP contribution in [0.5, 0.6) is 0 Å². The van der Waals surface area contributed by atoms with Crippen LogP contribution in [-0.2, 0) is 20.4 Å². The van der Waals surface area contributed by atoms with Gasteiger partial charge in [0.25, 0.3) is 11.8 Å². The molecule has 0 saturated carbocycles. The summed E-state index contributed by atoms with van der Waals surface area (Å²) in [7, 11) is 0. The minimum atomic E-state index is -0.709. The number of aliphatic hydroxyl groups excluding tert-OH is 2. The summed E-state index contributed by atoms with van der Waals surface area (Å²) in [6.07, 6.45) is 5.10. The zero-order chi connectivity index (χ0) is 37.1. The maximum atomic E-state index is 13.7. The Morgan fingerprint density at radius 2 is 1.12 bits per heavy atom. The predicted molar refractivity (Wildman–Crippen MR) is 187 cm³/mol. The number of anilines is 4. The van der Waals surface area contributed by atoms with E-state index >= 15 is 0 Å². The fraction of sp³-hybridized carbons (Fsp3) is 0.297.